The molecule has 1 aromatic heterocycles. The van der Waals surface area contributed by atoms with Crippen molar-refractivity contribution in [2.24, 2.45) is 0 Å². The molecule has 0 aliphatic carbocycles. The first kappa shape index (κ1) is 18.2. The van der Waals surface area contributed by atoms with Gasteiger partial charge in [0.1, 0.15) is 6.33 Å². The third-order valence-electron chi connectivity index (χ3n) is 2.59. The molecule has 0 aliphatic heterocycles. The van der Waals surface area contributed by atoms with Gasteiger partial charge in [0.05, 0.1) is 0 Å². The van der Waals surface area contributed by atoms with Crippen molar-refractivity contribution in [2.75, 3.05) is 30.9 Å². The number of nitrogens with zero attached hydrogens (tertiary/aromatic N) is 3. The van der Waals surface area contributed by atoms with Gasteiger partial charge < -0.3 is 22.8 Å². The van der Waals surface area contributed by atoms with Gasteiger partial charge in [-0.15, -0.1) is 0 Å². The van der Waals surface area contributed by atoms with Crippen LogP contribution in [0.1, 0.15) is 34.1 Å². The molecule has 9 heteroatoms. The second kappa shape index (κ2) is 9.21. The highest BCUT2D eigenvalue weighted by Gasteiger charge is 2.50. The van der Waals surface area contributed by atoms with Gasteiger partial charge in [-0.2, -0.15) is 0 Å². The zero-order chi connectivity index (χ0) is 15.7. The highest BCUT2D eigenvalue weighted by atomic mass is 32.1. The second-order valence-electron chi connectivity index (χ2n) is 4.10. The number of hydrogen-bond acceptors (Lipinski definition) is 7. The normalized spacial score (nSPS) is 11.6. The van der Waals surface area contributed by atoms with Crippen LogP contribution in [-0.4, -0.2) is 50.3 Å². The fourth-order valence-corrected chi connectivity index (χ4v) is 4.76. The average Bonchev–Trinajstić information content (AvgIpc) is 2.45. The molecule has 0 bridgehead atoms. The summed E-state index contributed by atoms with van der Waals surface area (Å²) >= 11 is 5.08. The largest absolute Gasteiger partial charge is 0.636 e. The first-order chi connectivity index (χ1) is 10.1. The molecule has 0 saturated carbocycles. The van der Waals surface area contributed by atoms with Crippen LogP contribution in [0.2, 0.25) is 0 Å². The summed E-state index contributed by atoms with van der Waals surface area (Å²) in [6.07, 6.45) is 2.33. The summed E-state index contributed by atoms with van der Waals surface area (Å²) in [4.78, 5) is 11.2. The molecular formula is C12H24N4O3SSi. The molecule has 0 atom stereocenters. The molecule has 0 radical (unpaired) electrons. The van der Waals surface area contributed by atoms with Crippen molar-refractivity contribution >= 4 is 27.1 Å². The van der Waals surface area contributed by atoms with E-state index in [-0.39, 0.29) is 0 Å². The van der Waals surface area contributed by atoms with Crippen molar-refractivity contribution in [1.82, 2.24) is 15.0 Å². The van der Waals surface area contributed by atoms with Gasteiger partial charge in [-0.05, 0) is 39.4 Å². The van der Waals surface area contributed by atoms with E-state index in [4.69, 9.17) is 25.5 Å². The summed E-state index contributed by atoms with van der Waals surface area (Å²) in [5, 5.41) is 0. The Hall–Kier alpha value is -0.873. The van der Waals surface area contributed by atoms with Crippen LogP contribution in [0.25, 0.3) is 0 Å². The fraction of sp³-hybridized carbons (Fsp3) is 0.750. The lowest BCUT2D eigenvalue weighted by Gasteiger charge is -2.37. The molecule has 0 fully saturated rings. The van der Waals surface area contributed by atoms with Gasteiger partial charge >= 0.3 is 8.97 Å². The minimum atomic E-state index is -3.04. The molecule has 7 nitrogen and oxygen atoms in total. The third kappa shape index (κ3) is 4.82. The monoisotopic (exact) mass is 332 g/mol. The summed E-state index contributed by atoms with van der Waals surface area (Å²) in [5.41, 5.74) is 0. The lowest BCUT2D eigenvalue weighted by Crippen LogP contribution is -2.62. The second-order valence-corrected chi connectivity index (χ2v) is 6.94. The van der Waals surface area contributed by atoms with E-state index in [1.807, 2.05) is 25.3 Å². The van der Waals surface area contributed by atoms with Crippen LogP contribution in [0.15, 0.2) is 6.33 Å². The molecule has 1 N–H and O–H groups in total. The molecule has 1 rings (SSSR count). The summed E-state index contributed by atoms with van der Waals surface area (Å²) in [6, 6.07) is 0. The zero-order valence-electron chi connectivity index (χ0n) is 13.1. The maximum absolute atomic E-state index is 5.93. The first-order valence-corrected chi connectivity index (χ1v) is 9.32. The van der Waals surface area contributed by atoms with E-state index in [1.54, 1.807) is 0 Å². The number of hydrogen-bond donors (Lipinski definition) is 1. The Kier molecular flexibility index (Phi) is 7.97. The van der Waals surface area contributed by atoms with Crippen molar-refractivity contribution in [3.8, 4) is 0 Å². The fourth-order valence-electron chi connectivity index (χ4n) is 1.94. The van der Waals surface area contributed by atoms with E-state index in [0.29, 0.717) is 37.1 Å². The zero-order valence-corrected chi connectivity index (χ0v) is 14.9. The van der Waals surface area contributed by atoms with Crippen LogP contribution < -0.4 is 4.57 Å². The Morgan fingerprint density at radius 2 is 1.67 bits per heavy atom. The van der Waals surface area contributed by atoms with E-state index in [1.165, 1.54) is 6.33 Å². The van der Waals surface area contributed by atoms with Crippen molar-refractivity contribution in [2.45, 2.75) is 34.1 Å². The van der Waals surface area contributed by atoms with Crippen molar-refractivity contribution < 1.29 is 13.3 Å². The van der Waals surface area contributed by atoms with Crippen LogP contribution in [0, 0.1) is 4.77 Å². The first-order valence-electron chi connectivity index (χ1n) is 7.24. The predicted molar refractivity (Wildman–Crippen MR) is 85.5 cm³/mol. The van der Waals surface area contributed by atoms with Crippen molar-refractivity contribution in [3.63, 3.8) is 0 Å². The SMILES string of the molecule is CCCN(c1ncnc(=S)[nH]1)[Si](OCC)(OCC)OCC. The molecule has 120 valence electrons. The summed E-state index contributed by atoms with van der Waals surface area (Å²) < 4.78 is 20.1. The van der Waals surface area contributed by atoms with Crippen LogP contribution in [0.4, 0.5) is 5.95 Å². The number of aromatic amines is 1. The topological polar surface area (TPSA) is 72.5 Å². The predicted octanol–water partition coefficient (Wildman–Crippen LogP) is 2.30. The Morgan fingerprint density at radius 1 is 1.10 bits per heavy atom. The number of nitrogens with one attached hydrogen (secondary N) is 1. The number of rotatable bonds is 10. The van der Waals surface area contributed by atoms with E-state index in [0.717, 1.165) is 6.42 Å². The Morgan fingerprint density at radius 3 is 2.10 bits per heavy atom. The van der Waals surface area contributed by atoms with Gasteiger partial charge in [0.2, 0.25) is 10.7 Å². The lowest BCUT2D eigenvalue weighted by molar-refractivity contribution is 0.0685. The van der Waals surface area contributed by atoms with Gasteiger partial charge in [-0.3, -0.25) is 0 Å². The molecule has 0 spiro atoms. The van der Waals surface area contributed by atoms with E-state index in [9.17, 15) is 0 Å². The molecule has 0 unspecified atom stereocenters. The van der Waals surface area contributed by atoms with Crippen LogP contribution in [0.3, 0.4) is 0 Å². The van der Waals surface area contributed by atoms with Crippen LogP contribution in [-0.2, 0) is 13.3 Å². The average molecular weight is 333 g/mol. The standard InChI is InChI=1S/C12H24N4O3SSi/c1-5-9-16(11-13-10-14-12(20)15-11)21(17-6-2,18-7-3)19-8-4/h10H,5-9H2,1-4H3,(H,13,14,15,20). The molecule has 1 aromatic rings. The Bertz CT molecular complexity index is 457. The van der Waals surface area contributed by atoms with Gasteiger partial charge in [-0.25, -0.2) is 9.97 Å². The van der Waals surface area contributed by atoms with Gasteiger partial charge in [0, 0.05) is 26.4 Å². The lowest BCUT2D eigenvalue weighted by atomic mass is 10.5. The summed E-state index contributed by atoms with van der Waals surface area (Å²) in [5.74, 6) is 0.568. The third-order valence-corrected chi connectivity index (χ3v) is 5.85. The molecule has 0 aliphatic rings. The molecule has 1 heterocycles. The van der Waals surface area contributed by atoms with Crippen LogP contribution >= 0.6 is 12.2 Å². The van der Waals surface area contributed by atoms with Crippen LogP contribution in [0.5, 0.6) is 0 Å². The Balaban J connectivity index is 3.25. The van der Waals surface area contributed by atoms with E-state index < -0.39 is 8.97 Å². The summed E-state index contributed by atoms with van der Waals surface area (Å²) in [6.45, 7) is 10.0. The highest BCUT2D eigenvalue weighted by molar-refractivity contribution is 7.71. The molecule has 0 saturated heterocycles. The van der Waals surface area contributed by atoms with E-state index >= 15 is 0 Å². The van der Waals surface area contributed by atoms with Crippen molar-refractivity contribution in [1.29, 1.82) is 0 Å². The summed E-state index contributed by atoms with van der Waals surface area (Å²) in [7, 11) is -3.04. The molecular weight excluding hydrogens is 308 g/mol. The minimum Gasteiger partial charge on any atom is -0.357 e. The molecule has 0 aromatic carbocycles. The van der Waals surface area contributed by atoms with Crippen molar-refractivity contribution in [3.05, 3.63) is 11.1 Å². The maximum atomic E-state index is 5.93. The molecule has 21 heavy (non-hydrogen) atoms. The van der Waals surface area contributed by atoms with E-state index in [2.05, 4.69) is 21.9 Å². The quantitative estimate of drug-likeness (QED) is 0.520. The van der Waals surface area contributed by atoms with Gasteiger partial charge in [0.15, 0.2) is 0 Å². The van der Waals surface area contributed by atoms with Gasteiger partial charge in [0.25, 0.3) is 0 Å². The highest BCUT2D eigenvalue weighted by Crippen LogP contribution is 2.21. The van der Waals surface area contributed by atoms with Gasteiger partial charge in [-0.1, -0.05) is 6.92 Å². The minimum absolute atomic E-state index is 0.369. The molecule has 0 amide bonds. The number of aromatic nitrogens is 3. The smallest absolute Gasteiger partial charge is 0.357 e. The Labute approximate surface area is 132 Å². The number of H-pyrrole nitrogens is 1. The maximum Gasteiger partial charge on any atom is 0.636 e. The number of anilines is 1.